The fraction of sp³-hybridized carbons (Fsp3) is 0.111. The molecule has 1 heterocycles. The van der Waals surface area contributed by atoms with Crippen molar-refractivity contribution >= 4 is 22.8 Å². The Morgan fingerprint density at radius 2 is 1.85 bits per heavy atom. The van der Waals surface area contributed by atoms with Gasteiger partial charge in [0.25, 0.3) is 5.91 Å². The van der Waals surface area contributed by atoms with E-state index in [9.17, 15) is 29.3 Å². The SMILES string of the molecule is O=C(NC(Cc1c[nH]c2cc(F)ccc12)C(=O)O)c1c(O)cccc1O. The van der Waals surface area contributed by atoms with Gasteiger partial charge in [-0.1, -0.05) is 6.07 Å². The first-order valence-electron chi connectivity index (χ1n) is 7.67. The highest BCUT2D eigenvalue weighted by molar-refractivity contribution is 6.01. The molecule has 26 heavy (non-hydrogen) atoms. The number of carboxylic acid groups (broad SMARTS) is 1. The van der Waals surface area contributed by atoms with E-state index in [-0.39, 0.29) is 6.42 Å². The molecule has 3 aromatic rings. The molecule has 0 saturated carbocycles. The second-order valence-corrected chi connectivity index (χ2v) is 5.74. The average Bonchev–Trinajstić information content (AvgIpc) is 2.96. The number of carbonyl (C=O) groups excluding carboxylic acids is 1. The lowest BCUT2D eigenvalue weighted by Crippen LogP contribution is -2.42. The lowest BCUT2D eigenvalue weighted by molar-refractivity contribution is -0.139. The first kappa shape index (κ1) is 17.3. The molecule has 0 spiro atoms. The first-order valence-corrected chi connectivity index (χ1v) is 7.67. The lowest BCUT2D eigenvalue weighted by atomic mass is 10.0. The number of carboxylic acids is 1. The highest BCUT2D eigenvalue weighted by Gasteiger charge is 2.25. The van der Waals surface area contributed by atoms with E-state index >= 15 is 0 Å². The fourth-order valence-corrected chi connectivity index (χ4v) is 2.74. The van der Waals surface area contributed by atoms with Crippen molar-refractivity contribution in [2.45, 2.75) is 12.5 Å². The smallest absolute Gasteiger partial charge is 0.326 e. The highest BCUT2D eigenvalue weighted by Crippen LogP contribution is 2.26. The van der Waals surface area contributed by atoms with Crippen LogP contribution in [0.3, 0.4) is 0 Å². The van der Waals surface area contributed by atoms with Crippen molar-refractivity contribution in [3.8, 4) is 11.5 Å². The molecule has 0 aliphatic rings. The number of rotatable bonds is 5. The molecule has 0 aliphatic heterocycles. The van der Waals surface area contributed by atoms with E-state index < -0.39 is 40.8 Å². The molecule has 2 aromatic carbocycles. The molecule has 1 aromatic heterocycles. The second kappa shape index (κ2) is 6.75. The Morgan fingerprint density at radius 3 is 2.50 bits per heavy atom. The molecule has 1 amide bonds. The average molecular weight is 358 g/mol. The Bertz CT molecular complexity index is 978. The van der Waals surface area contributed by atoms with E-state index in [2.05, 4.69) is 10.3 Å². The standard InChI is InChI=1S/C18H15FN2O5/c19-10-4-5-11-9(8-20-12(11)7-10)6-13(18(25)26)21-17(24)16-14(22)2-1-3-15(16)23/h1-5,7-8,13,20,22-23H,6H2,(H,21,24)(H,25,26). The quantitative estimate of drug-likeness (QED) is 0.478. The molecule has 7 nitrogen and oxygen atoms in total. The van der Waals surface area contributed by atoms with E-state index in [1.54, 1.807) is 6.20 Å². The van der Waals surface area contributed by atoms with Crippen LogP contribution in [-0.2, 0) is 11.2 Å². The number of phenolic OH excluding ortho intramolecular Hbond substituents is 2. The monoisotopic (exact) mass is 358 g/mol. The van der Waals surface area contributed by atoms with Crippen molar-refractivity contribution in [2.75, 3.05) is 0 Å². The predicted octanol–water partition coefficient (Wildman–Crippen LogP) is 2.14. The number of hydrogen-bond acceptors (Lipinski definition) is 4. The lowest BCUT2D eigenvalue weighted by Gasteiger charge is -2.15. The minimum absolute atomic E-state index is 0.0684. The Kier molecular flexibility index (Phi) is 4.49. The van der Waals surface area contributed by atoms with Crippen LogP contribution in [0.1, 0.15) is 15.9 Å². The van der Waals surface area contributed by atoms with Crippen LogP contribution >= 0.6 is 0 Å². The van der Waals surface area contributed by atoms with E-state index in [1.165, 1.54) is 36.4 Å². The molecule has 1 atom stereocenters. The number of halogens is 1. The number of benzene rings is 2. The predicted molar refractivity (Wildman–Crippen MR) is 90.6 cm³/mol. The van der Waals surface area contributed by atoms with E-state index in [0.717, 1.165) is 0 Å². The highest BCUT2D eigenvalue weighted by atomic mass is 19.1. The van der Waals surface area contributed by atoms with Crippen molar-refractivity contribution in [3.63, 3.8) is 0 Å². The molecule has 5 N–H and O–H groups in total. The molecule has 8 heteroatoms. The number of carbonyl (C=O) groups is 2. The Hall–Kier alpha value is -3.55. The van der Waals surface area contributed by atoms with Crippen LogP contribution in [0, 0.1) is 5.82 Å². The van der Waals surface area contributed by atoms with Crippen LogP contribution < -0.4 is 5.32 Å². The molecular weight excluding hydrogens is 343 g/mol. The summed E-state index contributed by atoms with van der Waals surface area (Å²) < 4.78 is 13.3. The van der Waals surface area contributed by atoms with Crippen molar-refractivity contribution in [1.82, 2.24) is 10.3 Å². The summed E-state index contributed by atoms with van der Waals surface area (Å²) in [5.41, 5.74) is 0.683. The zero-order chi connectivity index (χ0) is 18.8. The van der Waals surface area contributed by atoms with Gasteiger partial charge in [0.05, 0.1) is 0 Å². The summed E-state index contributed by atoms with van der Waals surface area (Å²) in [5, 5.41) is 31.8. The Morgan fingerprint density at radius 1 is 1.15 bits per heavy atom. The summed E-state index contributed by atoms with van der Waals surface area (Å²) in [6, 6.07) is 6.51. The van der Waals surface area contributed by atoms with Gasteiger partial charge >= 0.3 is 5.97 Å². The molecule has 0 radical (unpaired) electrons. The third-order valence-corrected chi connectivity index (χ3v) is 4.00. The Balaban J connectivity index is 1.85. The van der Waals surface area contributed by atoms with Gasteiger partial charge in [-0.25, -0.2) is 9.18 Å². The van der Waals surface area contributed by atoms with Crippen LogP contribution in [0.4, 0.5) is 4.39 Å². The molecule has 1 unspecified atom stereocenters. The maximum absolute atomic E-state index is 13.3. The molecule has 0 bridgehead atoms. The second-order valence-electron chi connectivity index (χ2n) is 5.74. The number of aromatic nitrogens is 1. The van der Waals surface area contributed by atoms with Crippen molar-refractivity contribution < 1.29 is 29.3 Å². The number of hydrogen-bond donors (Lipinski definition) is 5. The molecule has 0 aliphatic carbocycles. The maximum Gasteiger partial charge on any atom is 0.326 e. The van der Waals surface area contributed by atoms with Gasteiger partial charge in [0.1, 0.15) is 28.9 Å². The van der Waals surface area contributed by atoms with Gasteiger partial charge in [0.2, 0.25) is 0 Å². The first-order chi connectivity index (χ1) is 12.4. The van der Waals surface area contributed by atoms with Gasteiger partial charge in [0.15, 0.2) is 0 Å². The molecule has 0 fully saturated rings. The van der Waals surface area contributed by atoms with E-state index in [1.807, 2.05) is 0 Å². The minimum Gasteiger partial charge on any atom is -0.507 e. The van der Waals surface area contributed by atoms with Crippen molar-refractivity contribution in [3.05, 3.63) is 59.5 Å². The van der Waals surface area contributed by atoms with Gasteiger partial charge in [-0.2, -0.15) is 0 Å². The number of H-pyrrole nitrogens is 1. The summed E-state index contributed by atoms with van der Waals surface area (Å²) in [6.07, 6.45) is 1.48. The van der Waals surface area contributed by atoms with Crippen molar-refractivity contribution in [2.24, 2.45) is 0 Å². The molecule has 134 valence electrons. The van der Waals surface area contributed by atoms with Crippen LogP contribution in [0.5, 0.6) is 11.5 Å². The summed E-state index contributed by atoms with van der Waals surface area (Å²) in [6.45, 7) is 0. The third-order valence-electron chi connectivity index (χ3n) is 4.00. The molecule has 0 saturated heterocycles. The van der Waals surface area contributed by atoms with Gasteiger partial charge in [0, 0.05) is 23.5 Å². The third kappa shape index (κ3) is 3.30. The fourth-order valence-electron chi connectivity index (χ4n) is 2.74. The van der Waals surface area contributed by atoms with Crippen LogP contribution in [0.25, 0.3) is 10.9 Å². The summed E-state index contributed by atoms with van der Waals surface area (Å²) >= 11 is 0. The van der Waals surface area contributed by atoms with Gasteiger partial charge in [-0.05, 0) is 35.9 Å². The summed E-state index contributed by atoms with van der Waals surface area (Å²) in [5.74, 6) is -3.56. The number of aromatic hydroxyl groups is 2. The number of aromatic amines is 1. The summed E-state index contributed by atoms with van der Waals surface area (Å²) in [4.78, 5) is 26.7. The topological polar surface area (TPSA) is 123 Å². The molecular formula is C18H15FN2O5. The number of phenols is 2. The number of amides is 1. The number of nitrogens with one attached hydrogen (secondary N) is 2. The van der Waals surface area contributed by atoms with E-state index in [4.69, 9.17) is 0 Å². The molecule has 3 rings (SSSR count). The number of aliphatic carboxylic acids is 1. The maximum atomic E-state index is 13.3. The summed E-state index contributed by atoms with van der Waals surface area (Å²) in [7, 11) is 0. The minimum atomic E-state index is -1.31. The Labute approximate surface area is 146 Å². The number of fused-ring (bicyclic) bond motifs is 1. The van der Waals surface area contributed by atoms with Crippen LogP contribution in [0.2, 0.25) is 0 Å². The van der Waals surface area contributed by atoms with E-state index in [0.29, 0.717) is 16.5 Å². The van der Waals surface area contributed by atoms with Crippen LogP contribution in [0.15, 0.2) is 42.6 Å². The van der Waals surface area contributed by atoms with Crippen molar-refractivity contribution in [1.29, 1.82) is 0 Å². The van der Waals surface area contributed by atoms with Gasteiger partial charge in [-0.3, -0.25) is 4.79 Å². The van der Waals surface area contributed by atoms with Gasteiger partial charge in [-0.15, -0.1) is 0 Å². The zero-order valence-electron chi connectivity index (χ0n) is 13.4. The normalized spacial score (nSPS) is 12.0. The van der Waals surface area contributed by atoms with Crippen LogP contribution in [-0.4, -0.2) is 38.2 Å². The van der Waals surface area contributed by atoms with Gasteiger partial charge < -0.3 is 25.6 Å². The largest absolute Gasteiger partial charge is 0.507 e. The zero-order valence-corrected chi connectivity index (χ0v) is 13.4.